The van der Waals surface area contributed by atoms with Crippen molar-refractivity contribution in [3.05, 3.63) is 60.7 Å². The fourth-order valence-electron chi connectivity index (χ4n) is 3.08. The van der Waals surface area contributed by atoms with Crippen LogP contribution in [0.3, 0.4) is 0 Å². The average Bonchev–Trinajstić information content (AvgIpc) is 2.63. The van der Waals surface area contributed by atoms with E-state index < -0.39 is 6.09 Å². The van der Waals surface area contributed by atoms with Crippen LogP contribution in [0, 0.1) is 0 Å². The van der Waals surface area contributed by atoms with Gasteiger partial charge >= 0.3 is 12.1 Å². The molecule has 0 bridgehead atoms. The van der Waals surface area contributed by atoms with Gasteiger partial charge in [-0.15, -0.1) is 0 Å². The zero-order valence-corrected chi connectivity index (χ0v) is 14.5. The van der Waals surface area contributed by atoms with Gasteiger partial charge in [-0.3, -0.25) is 5.32 Å². The minimum atomic E-state index is -0.462. The Balaban J connectivity index is 1.45. The molecular weight excluding hydrogens is 330 g/mol. The van der Waals surface area contributed by atoms with Gasteiger partial charge in [-0.2, -0.15) is 0 Å². The standard InChI is InChI=1S/C20H23N3O3/c24-19(21-15-8-3-1-4-9-15)22-17-12-7-13-18(14-17)26-20(25)23-16-10-5-2-6-11-16/h1-6,8-11,17-18H,7,12-14H2,(H,23,25)(H2,21,22,24)/t17-,18+/m1/s1. The van der Waals surface area contributed by atoms with Crippen LogP contribution in [-0.2, 0) is 4.74 Å². The molecule has 1 saturated carbocycles. The molecule has 6 heteroatoms. The number of carbonyl (C=O) groups is 2. The molecule has 26 heavy (non-hydrogen) atoms. The summed E-state index contributed by atoms with van der Waals surface area (Å²) in [7, 11) is 0. The van der Waals surface area contributed by atoms with Gasteiger partial charge in [-0.25, -0.2) is 9.59 Å². The number of ether oxygens (including phenoxy) is 1. The summed E-state index contributed by atoms with van der Waals surface area (Å²) in [5.41, 5.74) is 1.45. The maximum absolute atomic E-state index is 12.1. The van der Waals surface area contributed by atoms with Crippen LogP contribution in [0.4, 0.5) is 21.0 Å². The Morgan fingerprint density at radius 1 is 0.846 bits per heavy atom. The first kappa shape index (κ1) is 17.8. The molecular formula is C20H23N3O3. The van der Waals surface area contributed by atoms with Crippen LogP contribution in [0.1, 0.15) is 25.7 Å². The molecule has 6 nitrogen and oxygen atoms in total. The van der Waals surface area contributed by atoms with Crippen molar-refractivity contribution in [2.24, 2.45) is 0 Å². The average molecular weight is 353 g/mol. The lowest BCUT2D eigenvalue weighted by molar-refractivity contribution is 0.0779. The zero-order chi connectivity index (χ0) is 18.2. The lowest BCUT2D eigenvalue weighted by atomic mass is 9.93. The molecule has 1 aliphatic rings. The highest BCUT2D eigenvalue weighted by molar-refractivity contribution is 5.89. The Bertz CT molecular complexity index is 660. The first-order chi connectivity index (χ1) is 12.7. The Kier molecular flexibility index (Phi) is 6.09. The number of benzene rings is 2. The molecule has 1 fully saturated rings. The molecule has 3 amide bonds. The number of hydrogen-bond acceptors (Lipinski definition) is 3. The summed E-state index contributed by atoms with van der Waals surface area (Å²) in [6, 6.07) is 18.2. The molecule has 2 aromatic rings. The van der Waals surface area contributed by atoms with E-state index in [4.69, 9.17) is 4.74 Å². The molecule has 3 N–H and O–H groups in total. The van der Waals surface area contributed by atoms with Gasteiger partial charge in [0.05, 0.1) is 0 Å². The van der Waals surface area contributed by atoms with Crippen molar-refractivity contribution < 1.29 is 14.3 Å². The van der Waals surface area contributed by atoms with E-state index in [0.29, 0.717) is 12.1 Å². The van der Waals surface area contributed by atoms with Crippen LogP contribution in [0.2, 0.25) is 0 Å². The molecule has 2 aromatic carbocycles. The Morgan fingerprint density at radius 3 is 2.12 bits per heavy atom. The summed E-state index contributed by atoms with van der Waals surface area (Å²) >= 11 is 0. The number of nitrogens with one attached hydrogen (secondary N) is 3. The fraction of sp³-hybridized carbons (Fsp3) is 0.300. The number of carbonyl (C=O) groups excluding carboxylic acids is 2. The lowest BCUT2D eigenvalue weighted by Gasteiger charge is -2.29. The molecule has 0 saturated heterocycles. The van der Waals surface area contributed by atoms with Crippen molar-refractivity contribution in [3.8, 4) is 0 Å². The van der Waals surface area contributed by atoms with Crippen molar-refractivity contribution in [3.63, 3.8) is 0 Å². The zero-order valence-electron chi connectivity index (χ0n) is 14.5. The molecule has 3 rings (SSSR count). The molecule has 0 heterocycles. The van der Waals surface area contributed by atoms with Crippen LogP contribution >= 0.6 is 0 Å². The Morgan fingerprint density at radius 2 is 1.46 bits per heavy atom. The molecule has 136 valence electrons. The van der Waals surface area contributed by atoms with Crippen molar-refractivity contribution in [1.82, 2.24) is 5.32 Å². The minimum absolute atomic E-state index is 0.0120. The first-order valence-electron chi connectivity index (χ1n) is 8.84. The second-order valence-electron chi connectivity index (χ2n) is 6.35. The molecule has 2 atom stereocenters. The van der Waals surface area contributed by atoms with Crippen LogP contribution < -0.4 is 16.0 Å². The van der Waals surface area contributed by atoms with Gasteiger partial charge in [-0.1, -0.05) is 36.4 Å². The number of hydrogen-bond donors (Lipinski definition) is 3. The van der Waals surface area contributed by atoms with Gasteiger partial charge in [-0.05, 0) is 43.5 Å². The lowest BCUT2D eigenvalue weighted by Crippen LogP contribution is -2.43. The number of rotatable bonds is 4. The maximum atomic E-state index is 12.1. The van der Waals surface area contributed by atoms with E-state index in [1.807, 2.05) is 48.5 Å². The summed E-state index contributed by atoms with van der Waals surface area (Å²) in [6.07, 6.45) is 2.54. The van der Waals surface area contributed by atoms with Gasteiger partial charge in [0.25, 0.3) is 0 Å². The van der Waals surface area contributed by atoms with Crippen LogP contribution in [0.25, 0.3) is 0 Å². The predicted octanol–water partition coefficient (Wildman–Crippen LogP) is 4.37. The van der Waals surface area contributed by atoms with Crippen LogP contribution in [0.15, 0.2) is 60.7 Å². The maximum Gasteiger partial charge on any atom is 0.411 e. The Hall–Kier alpha value is -3.02. The third-order valence-electron chi connectivity index (χ3n) is 4.29. The van der Waals surface area contributed by atoms with E-state index in [-0.39, 0.29) is 18.2 Å². The molecule has 0 unspecified atom stereocenters. The van der Waals surface area contributed by atoms with Crippen molar-refractivity contribution >= 4 is 23.5 Å². The summed E-state index contributed by atoms with van der Waals surface area (Å²) in [4.78, 5) is 24.1. The van der Waals surface area contributed by atoms with Crippen LogP contribution in [0.5, 0.6) is 0 Å². The number of amides is 3. The largest absolute Gasteiger partial charge is 0.446 e. The van der Waals surface area contributed by atoms with Crippen molar-refractivity contribution in [1.29, 1.82) is 0 Å². The fourth-order valence-corrected chi connectivity index (χ4v) is 3.08. The normalized spacial score (nSPS) is 19.2. The molecule has 0 spiro atoms. The van der Waals surface area contributed by atoms with E-state index in [1.54, 1.807) is 12.1 Å². The summed E-state index contributed by atoms with van der Waals surface area (Å²) in [5.74, 6) is 0. The number of anilines is 2. The van der Waals surface area contributed by atoms with Gasteiger partial charge in [0, 0.05) is 23.8 Å². The van der Waals surface area contributed by atoms with Gasteiger partial charge in [0.15, 0.2) is 0 Å². The number of urea groups is 1. The summed E-state index contributed by atoms with van der Waals surface area (Å²) in [6.45, 7) is 0. The van der Waals surface area contributed by atoms with E-state index >= 15 is 0 Å². The quantitative estimate of drug-likeness (QED) is 0.764. The Labute approximate surface area is 152 Å². The van der Waals surface area contributed by atoms with E-state index in [9.17, 15) is 9.59 Å². The second-order valence-corrected chi connectivity index (χ2v) is 6.35. The van der Waals surface area contributed by atoms with E-state index in [1.165, 1.54) is 0 Å². The monoisotopic (exact) mass is 353 g/mol. The second kappa shape index (κ2) is 8.89. The molecule has 0 radical (unpaired) electrons. The third kappa shape index (κ3) is 5.51. The highest BCUT2D eigenvalue weighted by Crippen LogP contribution is 2.22. The highest BCUT2D eigenvalue weighted by Gasteiger charge is 2.26. The van der Waals surface area contributed by atoms with E-state index in [0.717, 1.165) is 24.9 Å². The first-order valence-corrected chi connectivity index (χ1v) is 8.84. The van der Waals surface area contributed by atoms with Gasteiger partial charge < -0.3 is 15.4 Å². The van der Waals surface area contributed by atoms with Crippen molar-refractivity contribution in [2.45, 2.75) is 37.8 Å². The molecule has 0 aromatic heterocycles. The van der Waals surface area contributed by atoms with Crippen LogP contribution in [-0.4, -0.2) is 24.3 Å². The van der Waals surface area contributed by atoms with E-state index in [2.05, 4.69) is 16.0 Å². The topological polar surface area (TPSA) is 79.5 Å². The number of para-hydroxylation sites is 2. The van der Waals surface area contributed by atoms with Gasteiger partial charge in [0.2, 0.25) is 0 Å². The summed E-state index contributed by atoms with van der Waals surface area (Å²) < 4.78 is 5.50. The minimum Gasteiger partial charge on any atom is -0.446 e. The van der Waals surface area contributed by atoms with Gasteiger partial charge in [0.1, 0.15) is 6.10 Å². The summed E-state index contributed by atoms with van der Waals surface area (Å²) in [5, 5.41) is 8.48. The molecule has 0 aliphatic heterocycles. The smallest absolute Gasteiger partial charge is 0.411 e. The highest BCUT2D eigenvalue weighted by atomic mass is 16.6. The third-order valence-corrected chi connectivity index (χ3v) is 4.29. The van der Waals surface area contributed by atoms with Crippen molar-refractivity contribution in [2.75, 3.05) is 10.6 Å². The molecule has 1 aliphatic carbocycles. The predicted molar refractivity (Wildman–Crippen MR) is 101 cm³/mol. The SMILES string of the molecule is O=C(Nc1ccccc1)N[C@@H]1CCC[C@H](OC(=O)Nc2ccccc2)C1.